The Balaban J connectivity index is 1.33. The average molecular weight is 390 g/mol. The fourth-order valence-corrected chi connectivity index (χ4v) is 5.86. The molecule has 0 radical (unpaired) electrons. The van der Waals surface area contributed by atoms with Gasteiger partial charge < -0.3 is 9.80 Å². The van der Waals surface area contributed by atoms with E-state index in [2.05, 4.69) is 5.10 Å². The summed E-state index contributed by atoms with van der Waals surface area (Å²) in [5, 5.41) is 4.32. The Bertz CT molecular complexity index is 902. The van der Waals surface area contributed by atoms with Crippen LogP contribution in [0.15, 0.2) is 42.7 Å². The first-order valence-electron chi connectivity index (χ1n) is 9.41. The maximum absolute atomic E-state index is 12.8. The number of rotatable bonds is 4. The molecule has 4 rings (SSSR count). The van der Waals surface area contributed by atoms with Crippen LogP contribution in [0.4, 0.5) is 0 Å². The Morgan fingerprint density at radius 2 is 1.93 bits per heavy atom. The van der Waals surface area contributed by atoms with Crippen LogP contribution in [0.1, 0.15) is 22.3 Å². The molecule has 1 N–H and O–H groups in total. The molecule has 1 aromatic heterocycles. The Labute approximate surface area is 159 Å². The summed E-state index contributed by atoms with van der Waals surface area (Å²) in [5.41, 5.74) is 1.75. The molecule has 1 atom stereocenters. The summed E-state index contributed by atoms with van der Waals surface area (Å²) in [6.07, 6.45) is 4.18. The first-order valence-corrected chi connectivity index (χ1v) is 11.2. The molecule has 2 aliphatic heterocycles. The van der Waals surface area contributed by atoms with E-state index in [1.165, 1.54) is 4.90 Å². The van der Waals surface area contributed by atoms with Crippen molar-refractivity contribution in [2.75, 3.05) is 37.7 Å². The summed E-state index contributed by atoms with van der Waals surface area (Å²) in [4.78, 5) is 15.9. The first kappa shape index (κ1) is 18.2. The molecule has 3 heterocycles. The van der Waals surface area contributed by atoms with E-state index in [1.54, 1.807) is 17.1 Å². The van der Waals surface area contributed by atoms with Crippen molar-refractivity contribution in [3.63, 3.8) is 0 Å². The number of amides is 1. The van der Waals surface area contributed by atoms with E-state index in [0.29, 0.717) is 36.7 Å². The van der Waals surface area contributed by atoms with E-state index in [1.807, 2.05) is 35.2 Å². The molecule has 0 bridgehead atoms. The zero-order valence-electron chi connectivity index (χ0n) is 15.3. The standard InChI is InChI=1S/C19H24N4O3S/c24-19(17-12-20-23(14-17)13-16-4-2-1-3-5-16)22-9-7-21(8-10-22)18-6-11-27(25,26)15-18/h1-5,12,14,18H,6-11,13,15H2/p+1/t18-/m0/s1. The van der Waals surface area contributed by atoms with Crippen molar-refractivity contribution in [1.82, 2.24) is 14.7 Å². The Kier molecular flexibility index (Phi) is 5.01. The van der Waals surface area contributed by atoms with Crippen LogP contribution in [0, 0.1) is 0 Å². The van der Waals surface area contributed by atoms with Crippen molar-refractivity contribution in [2.45, 2.75) is 19.0 Å². The zero-order valence-corrected chi connectivity index (χ0v) is 16.1. The number of benzene rings is 1. The number of sulfone groups is 1. The van der Waals surface area contributed by atoms with E-state index in [-0.39, 0.29) is 11.9 Å². The number of quaternary nitrogens is 1. The molecule has 8 heteroatoms. The lowest BCUT2D eigenvalue weighted by molar-refractivity contribution is -0.925. The van der Waals surface area contributed by atoms with Crippen LogP contribution in [-0.4, -0.2) is 72.7 Å². The van der Waals surface area contributed by atoms with Gasteiger partial charge in [-0.2, -0.15) is 5.10 Å². The van der Waals surface area contributed by atoms with Gasteiger partial charge in [0.05, 0.1) is 50.2 Å². The molecule has 2 fully saturated rings. The molecule has 7 nitrogen and oxygen atoms in total. The van der Waals surface area contributed by atoms with Gasteiger partial charge in [-0.25, -0.2) is 8.42 Å². The normalized spacial score (nSPS) is 22.8. The van der Waals surface area contributed by atoms with Gasteiger partial charge in [0, 0.05) is 12.6 Å². The number of carbonyl (C=O) groups is 1. The molecule has 0 aliphatic carbocycles. The molecule has 2 saturated heterocycles. The van der Waals surface area contributed by atoms with E-state index in [0.717, 1.165) is 25.1 Å². The van der Waals surface area contributed by atoms with E-state index in [9.17, 15) is 13.2 Å². The minimum absolute atomic E-state index is 0.00686. The van der Waals surface area contributed by atoms with Gasteiger partial charge in [0.2, 0.25) is 0 Å². The lowest BCUT2D eigenvalue weighted by Gasteiger charge is -2.34. The Hall–Kier alpha value is -2.19. The summed E-state index contributed by atoms with van der Waals surface area (Å²) in [6, 6.07) is 10.2. The van der Waals surface area contributed by atoms with E-state index < -0.39 is 9.84 Å². The number of nitrogens with one attached hydrogen (secondary N) is 1. The number of aromatic nitrogens is 2. The highest BCUT2D eigenvalue weighted by atomic mass is 32.2. The second-order valence-electron chi connectivity index (χ2n) is 7.46. The number of carbonyl (C=O) groups excluding carboxylic acids is 1. The summed E-state index contributed by atoms with van der Waals surface area (Å²) in [6.45, 7) is 3.58. The largest absolute Gasteiger partial charge is 0.329 e. The third-order valence-electron chi connectivity index (χ3n) is 5.57. The lowest BCUT2D eigenvalue weighted by atomic mass is 10.2. The van der Waals surface area contributed by atoms with Gasteiger partial charge >= 0.3 is 0 Å². The summed E-state index contributed by atoms with van der Waals surface area (Å²) < 4.78 is 25.2. The topological polar surface area (TPSA) is 76.7 Å². The fourth-order valence-electron chi connectivity index (χ4n) is 4.04. The van der Waals surface area contributed by atoms with Crippen LogP contribution in [0.3, 0.4) is 0 Å². The maximum atomic E-state index is 12.8. The molecule has 0 unspecified atom stereocenters. The predicted molar refractivity (Wildman–Crippen MR) is 101 cm³/mol. The van der Waals surface area contributed by atoms with Crippen LogP contribution in [0.25, 0.3) is 0 Å². The molecule has 144 valence electrons. The third-order valence-corrected chi connectivity index (χ3v) is 7.34. The molecular formula is C19H25N4O3S+. The molecule has 0 spiro atoms. The molecule has 1 aromatic carbocycles. The SMILES string of the molecule is O=C(c1cnn(Cc2ccccc2)c1)N1CC[NH+]([C@H]2CCS(=O)(=O)C2)CC1. The second kappa shape index (κ2) is 7.44. The number of nitrogens with zero attached hydrogens (tertiary/aromatic N) is 3. The quantitative estimate of drug-likeness (QED) is 0.762. The number of hydrogen-bond acceptors (Lipinski definition) is 4. The second-order valence-corrected chi connectivity index (χ2v) is 9.69. The van der Waals surface area contributed by atoms with Crippen molar-refractivity contribution in [3.05, 3.63) is 53.9 Å². The van der Waals surface area contributed by atoms with Crippen LogP contribution in [0.2, 0.25) is 0 Å². The molecular weight excluding hydrogens is 364 g/mol. The first-order chi connectivity index (χ1) is 13.0. The minimum atomic E-state index is -2.85. The van der Waals surface area contributed by atoms with Crippen LogP contribution < -0.4 is 4.90 Å². The highest BCUT2D eigenvalue weighted by Gasteiger charge is 2.37. The van der Waals surface area contributed by atoms with Gasteiger partial charge in [0.15, 0.2) is 9.84 Å². The predicted octanol–water partition coefficient (Wildman–Crippen LogP) is -0.541. The van der Waals surface area contributed by atoms with Crippen molar-refractivity contribution >= 4 is 15.7 Å². The van der Waals surface area contributed by atoms with Crippen molar-refractivity contribution in [1.29, 1.82) is 0 Å². The van der Waals surface area contributed by atoms with Gasteiger partial charge in [0.25, 0.3) is 5.91 Å². The Morgan fingerprint density at radius 3 is 2.59 bits per heavy atom. The van der Waals surface area contributed by atoms with E-state index in [4.69, 9.17) is 0 Å². The Morgan fingerprint density at radius 1 is 1.19 bits per heavy atom. The number of piperazine rings is 1. The average Bonchev–Trinajstić information content (AvgIpc) is 3.28. The molecule has 1 amide bonds. The van der Waals surface area contributed by atoms with Crippen molar-refractivity contribution in [3.8, 4) is 0 Å². The molecule has 27 heavy (non-hydrogen) atoms. The van der Waals surface area contributed by atoms with Gasteiger partial charge in [-0.1, -0.05) is 30.3 Å². The van der Waals surface area contributed by atoms with Gasteiger partial charge in [0.1, 0.15) is 11.8 Å². The van der Waals surface area contributed by atoms with Gasteiger partial charge in [-0.05, 0) is 5.56 Å². The highest BCUT2D eigenvalue weighted by Crippen LogP contribution is 2.11. The monoisotopic (exact) mass is 389 g/mol. The third kappa shape index (κ3) is 4.22. The fraction of sp³-hybridized carbons (Fsp3) is 0.474. The molecule has 2 aliphatic rings. The smallest absolute Gasteiger partial charge is 0.257 e. The summed E-state index contributed by atoms with van der Waals surface area (Å²) >= 11 is 0. The number of hydrogen-bond donors (Lipinski definition) is 1. The van der Waals surface area contributed by atoms with Crippen LogP contribution in [-0.2, 0) is 16.4 Å². The zero-order chi connectivity index (χ0) is 18.9. The minimum Gasteiger partial charge on any atom is -0.329 e. The highest BCUT2D eigenvalue weighted by molar-refractivity contribution is 7.91. The van der Waals surface area contributed by atoms with Crippen molar-refractivity contribution in [2.24, 2.45) is 0 Å². The molecule has 0 saturated carbocycles. The molecule has 2 aromatic rings. The summed E-state index contributed by atoms with van der Waals surface area (Å²) in [7, 11) is -2.85. The van der Waals surface area contributed by atoms with Crippen molar-refractivity contribution < 1.29 is 18.1 Å². The summed E-state index contributed by atoms with van der Waals surface area (Å²) in [5.74, 6) is 0.611. The maximum Gasteiger partial charge on any atom is 0.257 e. The van der Waals surface area contributed by atoms with Gasteiger partial charge in [-0.15, -0.1) is 0 Å². The lowest BCUT2D eigenvalue weighted by Crippen LogP contribution is -3.18. The van der Waals surface area contributed by atoms with Gasteiger partial charge in [-0.3, -0.25) is 9.48 Å². The van der Waals surface area contributed by atoms with E-state index >= 15 is 0 Å². The van der Waals surface area contributed by atoms with Crippen LogP contribution >= 0.6 is 0 Å². The van der Waals surface area contributed by atoms with Crippen LogP contribution in [0.5, 0.6) is 0 Å².